The van der Waals surface area contributed by atoms with E-state index >= 15 is 0 Å². The molecule has 0 aliphatic heterocycles. The third-order valence-corrected chi connectivity index (χ3v) is 3.25. The predicted molar refractivity (Wildman–Crippen MR) is 61.9 cm³/mol. The van der Waals surface area contributed by atoms with Crippen molar-refractivity contribution in [3.05, 3.63) is 18.5 Å². The van der Waals surface area contributed by atoms with E-state index in [4.69, 9.17) is 5.73 Å². The summed E-state index contributed by atoms with van der Waals surface area (Å²) in [6, 6.07) is 1.94. The highest BCUT2D eigenvalue weighted by molar-refractivity contribution is 7.99. The zero-order valence-electron chi connectivity index (χ0n) is 8.80. The van der Waals surface area contributed by atoms with E-state index in [1.165, 1.54) is 11.8 Å². The first kappa shape index (κ1) is 11.3. The summed E-state index contributed by atoms with van der Waals surface area (Å²) >= 11 is 1.44. The highest BCUT2D eigenvalue weighted by atomic mass is 32.2. The van der Waals surface area contributed by atoms with Gasteiger partial charge in [-0.1, -0.05) is 11.8 Å². The average Bonchev–Trinajstić information content (AvgIpc) is 3.09. The molecule has 1 aromatic rings. The van der Waals surface area contributed by atoms with Gasteiger partial charge in [-0.2, -0.15) is 0 Å². The van der Waals surface area contributed by atoms with Crippen LogP contribution < -0.4 is 11.1 Å². The number of hydrogen-bond acceptors (Lipinski definition) is 5. The predicted octanol–water partition coefficient (Wildman–Crippen LogP) is 0.175. The van der Waals surface area contributed by atoms with Crippen LogP contribution >= 0.6 is 11.8 Å². The van der Waals surface area contributed by atoms with Gasteiger partial charge in [0, 0.05) is 24.2 Å². The zero-order chi connectivity index (χ0) is 11.4. The fourth-order valence-electron chi connectivity index (χ4n) is 1.26. The number of carbonyl (C=O) groups is 1. The molecule has 3 N–H and O–H groups in total. The largest absolute Gasteiger partial charge is 0.368 e. The molecule has 16 heavy (non-hydrogen) atoms. The van der Waals surface area contributed by atoms with E-state index in [2.05, 4.69) is 15.3 Å². The van der Waals surface area contributed by atoms with Crippen LogP contribution in [0.5, 0.6) is 0 Å². The Morgan fingerprint density at radius 2 is 2.25 bits per heavy atom. The first-order valence-electron chi connectivity index (χ1n) is 5.21. The summed E-state index contributed by atoms with van der Waals surface area (Å²) in [6.45, 7) is 0. The van der Waals surface area contributed by atoms with Crippen molar-refractivity contribution in [3.63, 3.8) is 0 Å². The Morgan fingerprint density at radius 3 is 2.81 bits per heavy atom. The van der Waals surface area contributed by atoms with Crippen LogP contribution in [-0.4, -0.2) is 33.7 Å². The molecule has 0 saturated heterocycles. The second-order valence-electron chi connectivity index (χ2n) is 3.74. The minimum Gasteiger partial charge on any atom is -0.368 e. The van der Waals surface area contributed by atoms with Crippen molar-refractivity contribution < 1.29 is 4.79 Å². The summed E-state index contributed by atoms with van der Waals surface area (Å²) in [5.41, 5.74) is 5.32. The number of aromatic nitrogens is 2. The van der Waals surface area contributed by atoms with Crippen molar-refractivity contribution in [2.75, 3.05) is 5.75 Å². The van der Waals surface area contributed by atoms with Gasteiger partial charge in [0.2, 0.25) is 5.91 Å². The Labute approximate surface area is 98.2 Å². The van der Waals surface area contributed by atoms with Gasteiger partial charge in [0.05, 0.1) is 6.04 Å². The molecular formula is C10H14N4OS. The van der Waals surface area contributed by atoms with E-state index < -0.39 is 0 Å². The summed E-state index contributed by atoms with van der Waals surface area (Å²) in [4.78, 5) is 19.3. The lowest BCUT2D eigenvalue weighted by atomic mass is 10.3. The van der Waals surface area contributed by atoms with Gasteiger partial charge < -0.3 is 11.1 Å². The van der Waals surface area contributed by atoms with Gasteiger partial charge in [-0.3, -0.25) is 4.79 Å². The molecule has 2 rings (SSSR count). The molecule has 1 saturated carbocycles. The van der Waals surface area contributed by atoms with Gasteiger partial charge in [-0.05, 0) is 18.9 Å². The monoisotopic (exact) mass is 238 g/mol. The molecule has 1 atom stereocenters. The van der Waals surface area contributed by atoms with Gasteiger partial charge in [-0.15, -0.1) is 0 Å². The lowest BCUT2D eigenvalue weighted by Gasteiger charge is -2.13. The Balaban J connectivity index is 1.83. The van der Waals surface area contributed by atoms with Crippen LogP contribution in [0.1, 0.15) is 12.8 Å². The van der Waals surface area contributed by atoms with E-state index in [9.17, 15) is 4.79 Å². The molecule has 0 spiro atoms. The molecule has 0 aromatic carbocycles. The first-order valence-corrected chi connectivity index (χ1v) is 6.19. The van der Waals surface area contributed by atoms with Crippen LogP contribution in [0.3, 0.4) is 0 Å². The van der Waals surface area contributed by atoms with Gasteiger partial charge >= 0.3 is 0 Å². The highest BCUT2D eigenvalue weighted by Gasteiger charge is 2.27. The van der Waals surface area contributed by atoms with Crippen molar-refractivity contribution in [3.8, 4) is 0 Å². The maximum Gasteiger partial charge on any atom is 0.235 e. The smallest absolute Gasteiger partial charge is 0.235 e. The number of amides is 1. The van der Waals surface area contributed by atoms with E-state index in [1.807, 2.05) is 0 Å². The quantitative estimate of drug-likeness (QED) is 0.545. The molecule has 86 valence electrons. The number of nitrogens with one attached hydrogen (secondary N) is 1. The molecule has 0 radical (unpaired) electrons. The Morgan fingerprint density at radius 1 is 1.56 bits per heavy atom. The SMILES string of the molecule is NC(=O)C(CSc1ncccn1)NC1CC1. The molecule has 1 aromatic heterocycles. The molecule has 1 aliphatic carbocycles. The third-order valence-electron chi connectivity index (χ3n) is 2.28. The minimum absolute atomic E-state index is 0.290. The number of thioether (sulfide) groups is 1. The summed E-state index contributed by atoms with van der Waals surface area (Å²) < 4.78 is 0. The third kappa shape index (κ3) is 3.46. The molecule has 1 unspecified atom stereocenters. The first-order chi connectivity index (χ1) is 7.75. The molecule has 1 aliphatic rings. The second kappa shape index (κ2) is 5.27. The molecule has 1 fully saturated rings. The molecule has 1 amide bonds. The Bertz CT molecular complexity index is 355. The number of nitrogens with zero attached hydrogens (tertiary/aromatic N) is 2. The van der Waals surface area contributed by atoms with Crippen LogP contribution in [0, 0.1) is 0 Å². The average molecular weight is 238 g/mol. The highest BCUT2D eigenvalue weighted by Crippen LogP contribution is 2.21. The molecular weight excluding hydrogens is 224 g/mol. The van der Waals surface area contributed by atoms with E-state index in [-0.39, 0.29) is 11.9 Å². The summed E-state index contributed by atoms with van der Waals surface area (Å²) in [7, 11) is 0. The maximum absolute atomic E-state index is 11.2. The standard InChI is InChI=1S/C10H14N4OS/c11-9(15)8(14-7-2-3-7)6-16-10-12-4-1-5-13-10/h1,4-5,7-8,14H,2-3,6H2,(H2,11,15). The van der Waals surface area contributed by atoms with Crippen molar-refractivity contribution in [1.82, 2.24) is 15.3 Å². The van der Waals surface area contributed by atoms with Crippen LogP contribution in [0.2, 0.25) is 0 Å². The molecule has 6 heteroatoms. The van der Waals surface area contributed by atoms with Gasteiger partial charge in [0.1, 0.15) is 0 Å². The van der Waals surface area contributed by atoms with Gasteiger partial charge in [0.25, 0.3) is 0 Å². The van der Waals surface area contributed by atoms with Crippen LogP contribution in [0.25, 0.3) is 0 Å². The number of rotatable bonds is 6. The van der Waals surface area contributed by atoms with Crippen molar-refractivity contribution >= 4 is 17.7 Å². The van der Waals surface area contributed by atoms with Crippen molar-refractivity contribution in [2.45, 2.75) is 30.1 Å². The fraction of sp³-hybridized carbons (Fsp3) is 0.500. The van der Waals surface area contributed by atoms with E-state index in [0.29, 0.717) is 17.0 Å². The topological polar surface area (TPSA) is 80.9 Å². The summed E-state index contributed by atoms with van der Waals surface area (Å²) in [5, 5.41) is 3.88. The number of primary amides is 1. The van der Waals surface area contributed by atoms with E-state index in [0.717, 1.165) is 12.8 Å². The zero-order valence-corrected chi connectivity index (χ0v) is 9.61. The Hall–Kier alpha value is -1.14. The number of carbonyl (C=O) groups excluding carboxylic acids is 1. The van der Waals surface area contributed by atoms with Crippen molar-refractivity contribution in [2.24, 2.45) is 5.73 Å². The molecule has 0 bridgehead atoms. The molecule has 5 nitrogen and oxygen atoms in total. The minimum atomic E-state index is -0.310. The van der Waals surface area contributed by atoms with Crippen molar-refractivity contribution in [1.29, 1.82) is 0 Å². The summed E-state index contributed by atoms with van der Waals surface area (Å²) in [5.74, 6) is 0.269. The normalized spacial score (nSPS) is 17.0. The van der Waals surface area contributed by atoms with Crippen LogP contribution in [0.15, 0.2) is 23.6 Å². The maximum atomic E-state index is 11.2. The van der Waals surface area contributed by atoms with Crippen LogP contribution in [-0.2, 0) is 4.79 Å². The van der Waals surface area contributed by atoms with Gasteiger partial charge in [0.15, 0.2) is 5.16 Å². The summed E-state index contributed by atoms with van der Waals surface area (Å²) in [6.07, 6.45) is 5.64. The van der Waals surface area contributed by atoms with E-state index in [1.54, 1.807) is 18.5 Å². The Kier molecular flexibility index (Phi) is 3.74. The number of hydrogen-bond donors (Lipinski definition) is 2. The molecule has 1 heterocycles. The number of nitrogens with two attached hydrogens (primary N) is 1. The fourth-order valence-corrected chi connectivity index (χ4v) is 2.11. The van der Waals surface area contributed by atoms with Gasteiger partial charge in [-0.25, -0.2) is 9.97 Å². The second-order valence-corrected chi connectivity index (χ2v) is 4.73. The lowest BCUT2D eigenvalue weighted by molar-refractivity contribution is -0.119. The lowest BCUT2D eigenvalue weighted by Crippen LogP contribution is -2.44. The van der Waals surface area contributed by atoms with Crippen LogP contribution in [0.4, 0.5) is 0 Å².